The molecule has 3 aromatic carbocycles. The van der Waals surface area contributed by atoms with E-state index >= 15 is 0 Å². The minimum atomic E-state index is -1.02. The summed E-state index contributed by atoms with van der Waals surface area (Å²) in [6, 6.07) is 24.4. The van der Waals surface area contributed by atoms with Crippen LogP contribution >= 0.6 is 23.5 Å². The zero-order chi connectivity index (χ0) is 19.7. The topological polar surface area (TPSA) is 27.7 Å². The Labute approximate surface area is 179 Å². The largest absolute Gasteiger partial charge is 0.493 e. The van der Waals surface area contributed by atoms with Crippen LogP contribution in [-0.4, -0.2) is 18.6 Å². The third-order valence-corrected chi connectivity index (χ3v) is 8.18. The molecule has 0 unspecified atom stereocenters. The van der Waals surface area contributed by atoms with Gasteiger partial charge >= 0.3 is 5.79 Å². The fourth-order valence-electron chi connectivity index (χ4n) is 3.78. The maximum atomic E-state index is 6.62. The minimum Gasteiger partial charge on any atom is -0.493 e. The van der Waals surface area contributed by atoms with Gasteiger partial charge in [0, 0.05) is 11.1 Å². The molecule has 0 radical (unpaired) electrons. The van der Waals surface area contributed by atoms with Crippen molar-refractivity contribution in [3.05, 3.63) is 89.5 Å². The summed E-state index contributed by atoms with van der Waals surface area (Å²) in [6.45, 7) is 0. The summed E-state index contributed by atoms with van der Waals surface area (Å²) in [4.78, 5) is 0. The molecule has 0 aromatic heterocycles. The molecule has 29 heavy (non-hydrogen) atoms. The smallest absolute Gasteiger partial charge is 0.305 e. The molecule has 0 N–H and O–H groups in total. The van der Waals surface area contributed by atoms with Crippen LogP contribution in [0, 0.1) is 0 Å². The van der Waals surface area contributed by atoms with E-state index in [9.17, 15) is 0 Å². The first-order valence-electron chi connectivity index (χ1n) is 9.74. The van der Waals surface area contributed by atoms with Gasteiger partial charge in [0.15, 0.2) is 11.5 Å². The Morgan fingerprint density at radius 3 is 2.07 bits per heavy atom. The molecule has 1 fully saturated rings. The lowest BCUT2D eigenvalue weighted by Gasteiger charge is -2.28. The second-order valence-electron chi connectivity index (χ2n) is 7.03. The van der Waals surface area contributed by atoms with E-state index in [0.29, 0.717) is 10.3 Å². The highest BCUT2D eigenvalue weighted by molar-refractivity contribution is 8.16. The second kappa shape index (κ2) is 7.88. The van der Waals surface area contributed by atoms with Crippen molar-refractivity contribution in [3.8, 4) is 17.2 Å². The van der Waals surface area contributed by atoms with Gasteiger partial charge in [0.05, 0.1) is 11.7 Å². The molecule has 1 saturated heterocycles. The molecule has 2 aliphatic rings. The summed E-state index contributed by atoms with van der Waals surface area (Å²) < 4.78 is 19.3. The van der Waals surface area contributed by atoms with Gasteiger partial charge in [0.1, 0.15) is 0 Å². The van der Waals surface area contributed by atoms with Crippen LogP contribution in [0.3, 0.4) is 0 Å². The zero-order valence-corrected chi connectivity index (χ0v) is 17.8. The van der Waals surface area contributed by atoms with E-state index in [1.165, 1.54) is 23.5 Å². The third-order valence-electron chi connectivity index (χ3n) is 5.17. The molecule has 5 rings (SSSR count). The summed E-state index contributed by atoms with van der Waals surface area (Å²) in [5, 5.41) is 0. The number of hydrogen-bond acceptors (Lipinski definition) is 5. The van der Waals surface area contributed by atoms with Crippen molar-refractivity contribution < 1.29 is 14.2 Å². The van der Waals surface area contributed by atoms with E-state index in [1.54, 1.807) is 7.11 Å². The van der Waals surface area contributed by atoms with Crippen molar-refractivity contribution in [1.29, 1.82) is 0 Å². The van der Waals surface area contributed by atoms with Crippen LogP contribution in [0.4, 0.5) is 0 Å². The average molecular weight is 423 g/mol. The average Bonchev–Trinajstić information content (AvgIpc) is 3.21. The SMILES string of the molecule is COc1cc(C2SCCCS2)cc2c1OC(c1ccccc1)(c1ccccc1)O2. The lowest BCUT2D eigenvalue weighted by molar-refractivity contribution is -0.0467. The number of rotatable bonds is 4. The Morgan fingerprint density at radius 1 is 0.862 bits per heavy atom. The van der Waals surface area contributed by atoms with Crippen molar-refractivity contribution in [2.24, 2.45) is 0 Å². The maximum absolute atomic E-state index is 6.62. The highest BCUT2D eigenvalue weighted by atomic mass is 32.2. The monoisotopic (exact) mass is 422 g/mol. The van der Waals surface area contributed by atoms with Crippen LogP contribution in [0.25, 0.3) is 0 Å². The zero-order valence-electron chi connectivity index (χ0n) is 16.2. The molecule has 2 heterocycles. The van der Waals surface area contributed by atoms with Crippen molar-refractivity contribution in [3.63, 3.8) is 0 Å². The van der Waals surface area contributed by atoms with Gasteiger partial charge in [0.2, 0.25) is 5.75 Å². The number of fused-ring (bicyclic) bond motifs is 1. The molecule has 0 spiro atoms. The van der Waals surface area contributed by atoms with Crippen LogP contribution in [0.5, 0.6) is 17.2 Å². The Kier molecular flexibility index (Phi) is 5.10. The van der Waals surface area contributed by atoms with Gasteiger partial charge in [0.25, 0.3) is 0 Å². The Balaban J connectivity index is 1.62. The Morgan fingerprint density at radius 2 is 1.48 bits per heavy atom. The molecule has 3 nitrogen and oxygen atoms in total. The predicted molar refractivity (Wildman–Crippen MR) is 120 cm³/mol. The third kappa shape index (κ3) is 3.36. The van der Waals surface area contributed by atoms with E-state index < -0.39 is 5.79 Å². The van der Waals surface area contributed by atoms with Gasteiger partial charge in [-0.25, -0.2) is 0 Å². The van der Waals surface area contributed by atoms with E-state index in [0.717, 1.165) is 22.6 Å². The highest BCUT2D eigenvalue weighted by Crippen LogP contribution is 2.55. The quantitative estimate of drug-likeness (QED) is 0.496. The first-order valence-corrected chi connectivity index (χ1v) is 11.8. The van der Waals surface area contributed by atoms with Crippen LogP contribution in [0.2, 0.25) is 0 Å². The number of thioether (sulfide) groups is 2. The number of hydrogen-bond donors (Lipinski definition) is 0. The standard InChI is InChI=1S/C24H22O3S2/c1-25-20-15-17(23-28-13-8-14-29-23)16-21-22(20)27-24(26-21,18-9-4-2-5-10-18)19-11-6-3-7-12-19/h2-7,9-12,15-16,23H,8,13-14H2,1H3. The molecule has 0 atom stereocenters. The van der Waals surface area contributed by atoms with Gasteiger partial charge in [-0.05, 0) is 35.6 Å². The summed E-state index contributed by atoms with van der Waals surface area (Å²) in [6.07, 6.45) is 1.26. The lowest BCUT2D eigenvalue weighted by atomic mass is 9.97. The molecule has 0 bridgehead atoms. The van der Waals surface area contributed by atoms with E-state index in [1.807, 2.05) is 84.2 Å². The normalized spacial score (nSPS) is 17.8. The van der Waals surface area contributed by atoms with Gasteiger partial charge < -0.3 is 14.2 Å². The lowest BCUT2D eigenvalue weighted by Crippen LogP contribution is -2.36. The molecule has 148 valence electrons. The first kappa shape index (κ1) is 18.8. The molecular weight excluding hydrogens is 400 g/mol. The minimum absolute atomic E-state index is 0.398. The van der Waals surface area contributed by atoms with Gasteiger partial charge in [-0.1, -0.05) is 60.7 Å². The first-order chi connectivity index (χ1) is 14.3. The van der Waals surface area contributed by atoms with Crippen LogP contribution in [0.15, 0.2) is 72.8 Å². The summed E-state index contributed by atoms with van der Waals surface area (Å²) in [5.41, 5.74) is 3.12. The molecule has 5 heteroatoms. The van der Waals surface area contributed by atoms with Crippen LogP contribution < -0.4 is 14.2 Å². The van der Waals surface area contributed by atoms with Gasteiger partial charge in [-0.2, -0.15) is 0 Å². The molecule has 0 aliphatic carbocycles. The van der Waals surface area contributed by atoms with Gasteiger partial charge in [-0.15, -0.1) is 23.5 Å². The van der Waals surface area contributed by atoms with Crippen molar-refractivity contribution in [2.75, 3.05) is 18.6 Å². The van der Waals surface area contributed by atoms with E-state index in [2.05, 4.69) is 12.1 Å². The maximum Gasteiger partial charge on any atom is 0.305 e. The van der Waals surface area contributed by atoms with Crippen molar-refractivity contribution in [2.45, 2.75) is 16.8 Å². The number of methoxy groups -OCH3 is 1. The number of benzene rings is 3. The molecular formula is C24H22O3S2. The Hall–Kier alpha value is -2.24. The van der Waals surface area contributed by atoms with E-state index in [-0.39, 0.29) is 0 Å². The molecule has 0 amide bonds. The number of ether oxygens (including phenoxy) is 3. The Bertz CT molecular complexity index is 946. The molecule has 2 aliphatic heterocycles. The summed E-state index contributed by atoms with van der Waals surface area (Å²) >= 11 is 3.97. The van der Waals surface area contributed by atoms with E-state index in [4.69, 9.17) is 14.2 Å². The predicted octanol–water partition coefficient (Wildman–Crippen LogP) is 6.24. The summed E-state index contributed by atoms with van der Waals surface area (Å²) in [5.74, 6) is 3.47. The second-order valence-corrected chi connectivity index (χ2v) is 9.75. The van der Waals surface area contributed by atoms with Crippen molar-refractivity contribution in [1.82, 2.24) is 0 Å². The van der Waals surface area contributed by atoms with Crippen molar-refractivity contribution >= 4 is 23.5 Å². The van der Waals surface area contributed by atoms with Gasteiger partial charge in [-0.3, -0.25) is 0 Å². The van der Waals surface area contributed by atoms with Crippen LogP contribution in [-0.2, 0) is 5.79 Å². The van der Waals surface area contributed by atoms with Crippen LogP contribution in [0.1, 0.15) is 27.7 Å². The highest BCUT2D eigenvalue weighted by Gasteiger charge is 2.47. The molecule has 3 aromatic rings. The fraction of sp³-hybridized carbons (Fsp3) is 0.250. The summed E-state index contributed by atoms with van der Waals surface area (Å²) in [7, 11) is 1.69. The fourth-order valence-corrected chi connectivity index (χ4v) is 6.63. The molecule has 0 saturated carbocycles.